The van der Waals surface area contributed by atoms with Gasteiger partial charge in [-0.1, -0.05) is 17.9 Å². The Balaban J connectivity index is 1.50. The van der Waals surface area contributed by atoms with E-state index < -0.39 is 11.7 Å². The quantitative estimate of drug-likeness (QED) is 0.0764. The standard InChI is InChI=1S/C27H23FIN3O3/c1-18(33)23(17-30-11-3-2-5-20-7-9-25(29)24(28)14-20)27(35)31-12-4-6-19-8-10-26-21(13-19)15-22(34)16-32-26/h7-11,13-17,34H,2-3,5,12H2,1H3,(H,31,35)/b23-17+,30-11?. The van der Waals surface area contributed by atoms with Gasteiger partial charge in [0.25, 0.3) is 5.91 Å². The van der Waals surface area contributed by atoms with Crippen molar-refractivity contribution in [1.82, 2.24) is 10.3 Å². The molecule has 35 heavy (non-hydrogen) atoms. The Morgan fingerprint density at radius 3 is 2.83 bits per heavy atom. The van der Waals surface area contributed by atoms with E-state index >= 15 is 0 Å². The van der Waals surface area contributed by atoms with Crippen LogP contribution in [0.1, 0.15) is 30.9 Å². The highest BCUT2D eigenvalue weighted by molar-refractivity contribution is 14.1. The van der Waals surface area contributed by atoms with Gasteiger partial charge in [-0.15, -0.1) is 0 Å². The number of hydrogen-bond acceptors (Lipinski definition) is 5. The zero-order valence-corrected chi connectivity index (χ0v) is 21.2. The average molecular weight is 583 g/mol. The van der Waals surface area contributed by atoms with Crippen LogP contribution >= 0.6 is 22.6 Å². The molecule has 0 spiro atoms. The van der Waals surface area contributed by atoms with E-state index in [9.17, 15) is 19.1 Å². The maximum Gasteiger partial charge on any atom is 0.257 e. The summed E-state index contributed by atoms with van der Waals surface area (Å²) in [6.45, 7) is 1.35. The van der Waals surface area contributed by atoms with Crippen molar-refractivity contribution in [2.75, 3.05) is 6.54 Å². The zero-order chi connectivity index (χ0) is 25.2. The fourth-order valence-electron chi connectivity index (χ4n) is 3.17. The van der Waals surface area contributed by atoms with Crippen LogP contribution in [0.4, 0.5) is 4.39 Å². The lowest BCUT2D eigenvalue weighted by Crippen LogP contribution is -2.28. The maximum atomic E-state index is 13.6. The third-order valence-electron chi connectivity index (χ3n) is 4.95. The predicted octanol–water partition coefficient (Wildman–Crippen LogP) is 4.72. The van der Waals surface area contributed by atoms with Gasteiger partial charge in [0, 0.05) is 26.9 Å². The molecule has 1 heterocycles. The van der Waals surface area contributed by atoms with Crippen molar-refractivity contribution >= 4 is 51.4 Å². The lowest BCUT2D eigenvalue weighted by atomic mass is 10.1. The zero-order valence-electron chi connectivity index (χ0n) is 19.0. The predicted molar refractivity (Wildman–Crippen MR) is 143 cm³/mol. The minimum atomic E-state index is -0.550. The number of rotatable bonds is 8. The highest BCUT2D eigenvalue weighted by Crippen LogP contribution is 2.18. The summed E-state index contributed by atoms with van der Waals surface area (Å²) in [5.41, 5.74) is 2.30. The molecule has 0 aliphatic rings. The van der Waals surface area contributed by atoms with Crippen molar-refractivity contribution in [2.45, 2.75) is 26.2 Å². The highest BCUT2D eigenvalue weighted by atomic mass is 127. The fraction of sp³-hybridized carbons (Fsp3) is 0.185. The number of pyridine rings is 1. The molecular weight excluding hydrogens is 560 g/mol. The summed E-state index contributed by atoms with van der Waals surface area (Å²) in [7, 11) is 0. The van der Waals surface area contributed by atoms with Crippen molar-refractivity contribution in [3.05, 3.63) is 80.9 Å². The summed E-state index contributed by atoms with van der Waals surface area (Å²) in [5, 5.41) is 12.9. The van der Waals surface area contributed by atoms with E-state index in [4.69, 9.17) is 0 Å². The number of Topliss-reactive ketones (excluding diaryl/α,β-unsaturated/α-hetero) is 1. The maximum absolute atomic E-state index is 13.6. The van der Waals surface area contributed by atoms with Gasteiger partial charge in [0.1, 0.15) is 17.1 Å². The van der Waals surface area contributed by atoms with Crippen LogP contribution in [0.25, 0.3) is 10.9 Å². The van der Waals surface area contributed by atoms with Crippen LogP contribution in [0.5, 0.6) is 5.75 Å². The van der Waals surface area contributed by atoms with Crippen molar-refractivity contribution in [3.8, 4) is 17.6 Å². The van der Waals surface area contributed by atoms with Crippen LogP contribution in [-0.4, -0.2) is 34.5 Å². The molecule has 0 saturated carbocycles. The van der Waals surface area contributed by atoms with E-state index in [-0.39, 0.29) is 23.7 Å². The van der Waals surface area contributed by atoms with Crippen LogP contribution in [0.2, 0.25) is 0 Å². The number of carbonyl (C=O) groups excluding carboxylic acids is 2. The number of aromatic nitrogens is 1. The Labute approximate surface area is 216 Å². The monoisotopic (exact) mass is 583 g/mol. The third-order valence-corrected chi connectivity index (χ3v) is 5.83. The molecule has 0 radical (unpaired) electrons. The molecule has 3 aromatic rings. The average Bonchev–Trinajstić information content (AvgIpc) is 2.82. The van der Waals surface area contributed by atoms with Gasteiger partial charge in [-0.05, 0) is 90.7 Å². The SMILES string of the molecule is CC(=O)/C(=C\N=CCCCc1ccc(I)c(F)c1)C(=O)NCC#Cc1ccc2ncc(O)cc2c1. The first-order valence-electron chi connectivity index (χ1n) is 10.9. The summed E-state index contributed by atoms with van der Waals surface area (Å²) in [6, 6.07) is 12.2. The minimum absolute atomic E-state index is 0.0517. The number of benzene rings is 2. The number of aliphatic imine (C=N–C) groups is 1. The Bertz CT molecular complexity index is 1370. The molecular formula is C27H23FIN3O3. The second-order valence-corrected chi connectivity index (χ2v) is 8.82. The van der Waals surface area contributed by atoms with Gasteiger partial charge in [-0.3, -0.25) is 19.6 Å². The summed E-state index contributed by atoms with van der Waals surface area (Å²) in [5.74, 6) is 4.67. The van der Waals surface area contributed by atoms with Crippen molar-refractivity contribution in [1.29, 1.82) is 0 Å². The van der Waals surface area contributed by atoms with Crippen LogP contribution < -0.4 is 5.32 Å². The molecule has 0 fully saturated rings. The number of halogens is 2. The van der Waals surface area contributed by atoms with E-state index in [0.717, 1.165) is 22.9 Å². The van der Waals surface area contributed by atoms with Crippen molar-refractivity contribution < 1.29 is 19.1 Å². The molecule has 2 N–H and O–H groups in total. The molecule has 178 valence electrons. The first-order valence-corrected chi connectivity index (χ1v) is 11.9. The fourth-order valence-corrected chi connectivity index (χ4v) is 3.50. The lowest BCUT2D eigenvalue weighted by Gasteiger charge is -2.02. The first-order chi connectivity index (χ1) is 16.8. The number of nitrogens with one attached hydrogen (secondary N) is 1. The normalized spacial score (nSPS) is 11.3. The number of fused-ring (bicyclic) bond motifs is 1. The molecule has 0 aliphatic carbocycles. The molecule has 6 nitrogen and oxygen atoms in total. The van der Waals surface area contributed by atoms with Crippen molar-refractivity contribution in [2.24, 2.45) is 4.99 Å². The van der Waals surface area contributed by atoms with Crippen LogP contribution in [0.15, 0.2) is 65.4 Å². The number of aryl methyl sites for hydroxylation is 1. The molecule has 2 aromatic carbocycles. The summed E-state index contributed by atoms with van der Waals surface area (Å²) in [4.78, 5) is 32.4. The molecule has 0 atom stereocenters. The molecule has 0 aliphatic heterocycles. The molecule has 3 rings (SSSR count). The Morgan fingerprint density at radius 2 is 2.06 bits per heavy atom. The van der Waals surface area contributed by atoms with E-state index in [2.05, 4.69) is 27.1 Å². The highest BCUT2D eigenvalue weighted by Gasteiger charge is 2.13. The van der Waals surface area contributed by atoms with Gasteiger partial charge >= 0.3 is 0 Å². The summed E-state index contributed by atoms with van der Waals surface area (Å²) < 4.78 is 14.2. The number of nitrogens with zero attached hydrogens (tertiary/aromatic N) is 2. The number of amides is 1. The number of carbonyl (C=O) groups is 2. The molecule has 0 bridgehead atoms. The second kappa shape index (κ2) is 12.8. The lowest BCUT2D eigenvalue weighted by molar-refractivity contribution is -0.121. The summed E-state index contributed by atoms with van der Waals surface area (Å²) >= 11 is 1.95. The number of hydrogen-bond donors (Lipinski definition) is 2. The van der Waals surface area contributed by atoms with E-state index in [1.807, 2.05) is 28.7 Å². The van der Waals surface area contributed by atoms with E-state index in [0.29, 0.717) is 22.0 Å². The topological polar surface area (TPSA) is 91.7 Å². The smallest absolute Gasteiger partial charge is 0.257 e. The van der Waals surface area contributed by atoms with E-state index in [1.54, 1.807) is 36.5 Å². The van der Waals surface area contributed by atoms with Crippen molar-refractivity contribution in [3.63, 3.8) is 0 Å². The third kappa shape index (κ3) is 8.00. The van der Waals surface area contributed by atoms with Gasteiger partial charge in [0.15, 0.2) is 5.78 Å². The minimum Gasteiger partial charge on any atom is -0.506 e. The number of ketones is 1. The largest absolute Gasteiger partial charge is 0.506 e. The van der Waals surface area contributed by atoms with Gasteiger partial charge in [0.05, 0.1) is 18.3 Å². The van der Waals surface area contributed by atoms with Crippen LogP contribution in [0.3, 0.4) is 0 Å². The second-order valence-electron chi connectivity index (χ2n) is 7.66. The Kier molecular flexibility index (Phi) is 9.49. The van der Waals surface area contributed by atoms with Gasteiger partial charge in [-0.2, -0.15) is 0 Å². The molecule has 8 heteroatoms. The summed E-state index contributed by atoms with van der Waals surface area (Å²) in [6.07, 6.45) is 6.35. The van der Waals surface area contributed by atoms with E-state index in [1.165, 1.54) is 25.4 Å². The Morgan fingerprint density at radius 1 is 1.23 bits per heavy atom. The molecule has 0 saturated heterocycles. The van der Waals surface area contributed by atoms with Crippen LogP contribution in [-0.2, 0) is 16.0 Å². The molecule has 0 unspecified atom stereocenters. The number of unbranched alkanes of at least 4 members (excludes halogenated alkanes) is 1. The van der Waals surface area contributed by atoms with Crippen LogP contribution in [0, 0.1) is 21.2 Å². The van der Waals surface area contributed by atoms with Gasteiger partial charge in [-0.25, -0.2) is 4.39 Å². The Hall–Kier alpha value is -3.58. The molecule has 1 aromatic heterocycles. The molecule has 1 amide bonds. The number of aromatic hydroxyl groups is 1. The first kappa shape index (κ1) is 26.0. The van der Waals surface area contributed by atoms with Gasteiger partial charge in [0.2, 0.25) is 0 Å². The van der Waals surface area contributed by atoms with Gasteiger partial charge < -0.3 is 10.4 Å².